The Hall–Kier alpha value is -2.75. The maximum absolute atomic E-state index is 11.9. The van der Waals surface area contributed by atoms with Crippen LogP contribution >= 0.6 is 0 Å². The van der Waals surface area contributed by atoms with Crippen molar-refractivity contribution in [1.82, 2.24) is 0 Å². The van der Waals surface area contributed by atoms with Gasteiger partial charge >= 0.3 is 0 Å². The molecule has 21 heavy (non-hydrogen) atoms. The van der Waals surface area contributed by atoms with Crippen LogP contribution in [0.1, 0.15) is 33.6 Å². The normalized spacial score (nSPS) is 10.1. The van der Waals surface area contributed by atoms with Crippen LogP contribution in [-0.2, 0) is 4.79 Å². The van der Waals surface area contributed by atoms with Crippen LogP contribution in [0.5, 0.6) is 5.75 Å². The number of carbonyl (C=O) groups excluding carboxylic acids is 3. The molecule has 0 fully saturated rings. The van der Waals surface area contributed by atoms with Gasteiger partial charge in [-0.05, 0) is 24.3 Å². The molecule has 0 saturated heterocycles. The van der Waals surface area contributed by atoms with Crippen molar-refractivity contribution in [3.05, 3.63) is 65.7 Å². The first-order chi connectivity index (χ1) is 10.1. The van der Waals surface area contributed by atoms with Gasteiger partial charge in [0.2, 0.25) is 0 Å². The first-order valence-corrected chi connectivity index (χ1v) is 6.48. The Labute approximate surface area is 122 Å². The summed E-state index contributed by atoms with van der Waals surface area (Å²) < 4.78 is 0. The number of phenols is 1. The second kappa shape index (κ2) is 6.61. The van der Waals surface area contributed by atoms with Gasteiger partial charge in [0.15, 0.2) is 11.6 Å². The van der Waals surface area contributed by atoms with Crippen LogP contribution in [0.15, 0.2) is 54.6 Å². The second-order valence-corrected chi connectivity index (χ2v) is 4.65. The van der Waals surface area contributed by atoms with Crippen LogP contribution in [0, 0.1) is 0 Å². The van der Waals surface area contributed by atoms with E-state index in [1.165, 1.54) is 24.3 Å². The van der Waals surface area contributed by atoms with Crippen LogP contribution < -0.4 is 0 Å². The molecule has 0 aliphatic rings. The maximum atomic E-state index is 11.9. The van der Waals surface area contributed by atoms with E-state index in [-0.39, 0.29) is 30.2 Å². The van der Waals surface area contributed by atoms with Gasteiger partial charge in [-0.1, -0.05) is 30.3 Å². The summed E-state index contributed by atoms with van der Waals surface area (Å²) in [6.07, 6.45) is -0.600. The van der Waals surface area contributed by atoms with Crippen LogP contribution in [0.2, 0.25) is 0 Å². The quantitative estimate of drug-likeness (QED) is 0.653. The third-order valence-corrected chi connectivity index (χ3v) is 3.00. The highest BCUT2D eigenvalue weighted by Gasteiger charge is 2.16. The van der Waals surface area contributed by atoms with E-state index in [2.05, 4.69) is 0 Å². The highest BCUT2D eigenvalue weighted by Crippen LogP contribution is 2.12. The molecule has 2 aromatic rings. The van der Waals surface area contributed by atoms with E-state index in [4.69, 9.17) is 5.11 Å². The van der Waals surface area contributed by atoms with E-state index in [1.54, 1.807) is 30.3 Å². The molecular formula is C17H14O4. The molecule has 2 rings (SSSR count). The number of rotatable bonds is 6. The van der Waals surface area contributed by atoms with Gasteiger partial charge in [0.25, 0.3) is 0 Å². The van der Waals surface area contributed by atoms with Crippen molar-refractivity contribution in [2.75, 3.05) is 0 Å². The standard InChI is InChI=1S/C17H14O4/c18-14-8-6-13(7-9-14)17(21)11-15(19)10-16(20)12-4-2-1-3-5-12/h1-9,18H,10-11H2. The molecule has 106 valence electrons. The van der Waals surface area contributed by atoms with Gasteiger partial charge in [0.05, 0.1) is 12.8 Å². The van der Waals surface area contributed by atoms with E-state index in [0.717, 1.165) is 0 Å². The minimum Gasteiger partial charge on any atom is -0.508 e. The zero-order valence-corrected chi connectivity index (χ0v) is 11.3. The van der Waals surface area contributed by atoms with Crippen molar-refractivity contribution in [2.24, 2.45) is 0 Å². The van der Waals surface area contributed by atoms with Crippen LogP contribution in [0.25, 0.3) is 0 Å². The molecule has 0 aromatic heterocycles. The van der Waals surface area contributed by atoms with Crippen molar-refractivity contribution in [3.8, 4) is 5.75 Å². The summed E-state index contributed by atoms with van der Waals surface area (Å²) in [7, 11) is 0. The van der Waals surface area contributed by atoms with Gasteiger partial charge in [0, 0.05) is 11.1 Å². The molecule has 0 spiro atoms. The largest absolute Gasteiger partial charge is 0.508 e. The Morgan fingerprint density at radius 1 is 0.714 bits per heavy atom. The topological polar surface area (TPSA) is 71.4 Å². The first kappa shape index (κ1) is 14.7. The number of Topliss-reactive ketones (excluding diaryl/α,β-unsaturated/α-hetero) is 3. The lowest BCUT2D eigenvalue weighted by atomic mass is 10.0. The third kappa shape index (κ3) is 4.11. The van der Waals surface area contributed by atoms with Gasteiger partial charge < -0.3 is 5.11 Å². The summed E-state index contributed by atoms with van der Waals surface area (Å²) in [6.45, 7) is 0. The predicted molar refractivity (Wildman–Crippen MR) is 77.5 cm³/mol. The van der Waals surface area contributed by atoms with E-state index >= 15 is 0 Å². The molecule has 0 unspecified atom stereocenters. The smallest absolute Gasteiger partial charge is 0.170 e. The fourth-order valence-electron chi connectivity index (χ4n) is 1.90. The Bertz CT molecular complexity index is 657. The average Bonchev–Trinajstić information content (AvgIpc) is 2.48. The molecule has 0 heterocycles. The zero-order chi connectivity index (χ0) is 15.2. The minimum atomic E-state index is -0.415. The third-order valence-electron chi connectivity index (χ3n) is 3.00. The molecule has 0 atom stereocenters. The lowest BCUT2D eigenvalue weighted by molar-refractivity contribution is -0.117. The van der Waals surface area contributed by atoms with E-state index in [0.29, 0.717) is 11.1 Å². The average molecular weight is 282 g/mol. The van der Waals surface area contributed by atoms with Gasteiger partial charge in [-0.25, -0.2) is 0 Å². The molecule has 2 aromatic carbocycles. The number of aromatic hydroxyl groups is 1. The van der Waals surface area contributed by atoms with Crippen molar-refractivity contribution >= 4 is 17.3 Å². The highest BCUT2D eigenvalue weighted by atomic mass is 16.3. The van der Waals surface area contributed by atoms with Crippen molar-refractivity contribution in [3.63, 3.8) is 0 Å². The Morgan fingerprint density at radius 2 is 1.19 bits per heavy atom. The second-order valence-electron chi connectivity index (χ2n) is 4.65. The molecule has 0 amide bonds. The Kier molecular flexibility index (Phi) is 4.61. The van der Waals surface area contributed by atoms with Gasteiger partial charge in [-0.15, -0.1) is 0 Å². The minimum absolute atomic E-state index is 0.0529. The summed E-state index contributed by atoms with van der Waals surface area (Å²) in [4.78, 5) is 35.5. The maximum Gasteiger partial charge on any atom is 0.170 e. The van der Waals surface area contributed by atoms with Gasteiger partial charge in [-0.3, -0.25) is 14.4 Å². The molecule has 0 aliphatic heterocycles. The number of phenolic OH excluding ortho intramolecular Hbond substituents is 1. The Balaban J connectivity index is 1.94. The van der Waals surface area contributed by atoms with Crippen LogP contribution in [0.4, 0.5) is 0 Å². The van der Waals surface area contributed by atoms with Gasteiger partial charge in [-0.2, -0.15) is 0 Å². The fourth-order valence-corrected chi connectivity index (χ4v) is 1.90. The first-order valence-electron chi connectivity index (χ1n) is 6.48. The SMILES string of the molecule is O=C(CC(=O)c1ccccc1)CC(=O)c1ccc(O)cc1. The Morgan fingerprint density at radius 3 is 1.71 bits per heavy atom. The molecule has 4 heteroatoms. The predicted octanol–water partition coefficient (Wildman–Crippen LogP) is 2.81. The molecule has 4 nitrogen and oxygen atoms in total. The summed E-state index contributed by atoms with van der Waals surface area (Å²) >= 11 is 0. The molecule has 1 N–H and O–H groups in total. The summed E-state index contributed by atoms with van der Waals surface area (Å²) in [6, 6.07) is 14.2. The molecular weight excluding hydrogens is 268 g/mol. The zero-order valence-electron chi connectivity index (χ0n) is 11.3. The van der Waals surface area contributed by atoms with Crippen LogP contribution in [-0.4, -0.2) is 22.5 Å². The monoisotopic (exact) mass is 282 g/mol. The highest BCUT2D eigenvalue weighted by molar-refractivity contribution is 6.15. The number of hydrogen-bond donors (Lipinski definition) is 1. The lowest BCUT2D eigenvalue weighted by Crippen LogP contribution is -2.13. The number of hydrogen-bond acceptors (Lipinski definition) is 4. The van der Waals surface area contributed by atoms with Crippen molar-refractivity contribution in [2.45, 2.75) is 12.8 Å². The molecule has 0 saturated carbocycles. The van der Waals surface area contributed by atoms with E-state index < -0.39 is 5.78 Å². The van der Waals surface area contributed by atoms with E-state index in [1.807, 2.05) is 0 Å². The van der Waals surface area contributed by atoms with Crippen LogP contribution in [0.3, 0.4) is 0 Å². The lowest BCUT2D eigenvalue weighted by Gasteiger charge is -2.02. The molecule has 0 bridgehead atoms. The van der Waals surface area contributed by atoms with E-state index in [9.17, 15) is 14.4 Å². The summed E-state index contributed by atoms with van der Waals surface area (Å²) in [5, 5.41) is 9.14. The molecule has 0 aliphatic carbocycles. The molecule has 0 radical (unpaired) electrons. The number of carbonyl (C=O) groups is 3. The van der Waals surface area contributed by atoms with Crippen molar-refractivity contribution < 1.29 is 19.5 Å². The number of ketones is 3. The van der Waals surface area contributed by atoms with Crippen molar-refractivity contribution in [1.29, 1.82) is 0 Å². The van der Waals surface area contributed by atoms with Gasteiger partial charge in [0.1, 0.15) is 11.5 Å². The number of benzene rings is 2. The summed E-state index contributed by atoms with van der Waals surface area (Å²) in [5.41, 5.74) is 0.802. The fraction of sp³-hybridized carbons (Fsp3) is 0.118. The summed E-state index contributed by atoms with van der Waals surface area (Å²) in [5.74, 6) is -1.01.